The molecule has 0 unspecified atom stereocenters. The molecule has 2 aromatic rings. The van der Waals surface area contributed by atoms with Crippen molar-refractivity contribution in [2.75, 3.05) is 13.2 Å². The quantitative estimate of drug-likeness (QED) is 0.475. The highest BCUT2D eigenvalue weighted by atomic mass is 19.3. The van der Waals surface area contributed by atoms with Crippen molar-refractivity contribution >= 4 is 0 Å². The van der Waals surface area contributed by atoms with E-state index in [-0.39, 0.29) is 11.5 Å². The predicted octanol–water partition coefficient (Wildman–Crippen LogP) is 6.53. The van der Waals surface area contributed by atoms with E-state index in [2.05, 4.69) is 4.74 Å². The van der Waals surface area contributed by atoms with Crippen LogP contribution in [-0.2, 0) is 15.6 Å². The molecule has 0 bridgehead atoms. The van der Waals surface area contributed by atoms with E-state index in [0.29, 0.717) is 43.4 Å². The second-order valence-corrected chi connectivity index (χ2v) is 8.29. The smallest absolute Gasteiger partial charge is 0.429 e. The number of rotatable bonds is 5. The third kappa shape index (κ3) is 4.59. The van der Waals surface area contributed by atoms with Gasteiger partial charge in [0.2, 0.25) is 0 Å². The van der Waals surface area contributed by atoms with Gasteiger partial charge in [-0.1, -0.05) is 25.7 Å². The molecule has 0 spiro atoms. The van der Waals surface area contributed by atoms with Crippen molar-refractivity contribution in [2.45, 2.75) is 45.0 Å². The summed E-state index contributed by atoms with van der Waals surface area (Å²) in [7, 11) is 0. The zero-order valence-electron chi connectivity index (χ0n) is 17.3. The minimum absolute atomic E-state index is 0.0863. The molecule has 0 amide bonds. The summed E-state index contributed by atoms with van der Waals surface area (Å²) in [5, 5.41) is 0. The molecule has 0 radical (unpaired) electrons. The molecule has 0 N–H and O–H groups in total. The molecular weight excluding hydrogens is 438 g/mol. The highest BCUT2D eigenvalue weighted by Crippen LogP contribution is 2.39. The third-order valence-electron chi connectivity index (χ3n) is 6.12. The Balaban J connectivity index is 1.51. The van der Waals surface area contributed by atoms with Crippen molar-refractivity contribution < 1.29 is 40.6 Å². The van der Waals surface area contributed by atoms with Crippen LogP contribution in [-0.4, -0.2) is 13.2 Å². The Morgan fingerprint density at radius 2 is 1.34 bits per heavy atom. The zero-order chi connectivity index (χ0) is 23.0. The molecule has 2 fully saturated rings. The summed E-state index contributed by atoms with van der Waals surface area (Å²) >= 11 is 0. The Kier molecular flexibility index (Phi) is 6.40. The summed E-state index contributed by atoms with van der Waals surface area (Å²) in [4.78, 5) is 0. The van der Waals surface area contributed by atoms with Crippen LogP contribution in [0.25, 0.3) is 0 Å². The molecule has 1 aliphatic heterocycles. The Morgan fingerprint density at radius 3 is 1.88 bits per heavy atom. The maximum Gasteiger partial charge on any atom is 0.432 e. The molecule has 174 valence electrons. The predicted molar refractivity (Wildman–Crippen MR) is 102 cm³/mol. The molecule has 1 saturated carbocycles. The van der Waals surface area contributed by atoms with E-state index < -0.39 is 52.5 Å². The lowest BCUT2D eigenvalue weighted by Gasteiger charge is -2.33. The van der Waals surface area contributed by atoms with Gasteiger partial charge in [0.1, 0.15) is 34.6 Å². The van der Waals surface area contributed by atoms with Gasteiger partial charge in [-0.3, -0.25) is 0 Å². The van der Waals surface area contributed by atoms with Crippen LogP contribution in [0.2, 0.25) is 0 Å². The fourth-order valence-corrected chi connectivity index (χ4v) is 4.30. The normalized spacial score (nSPS) is 22.3. The number of halogens is 6. The standard InChI is InChI=1S/C23H22F6O3/c1-12-17(24)8-16(9-18(12)25)32-23(28,29)21-19(26)6-14(7-20(21)27)22-30-10-15(11-31-22)13-4-2-3-5-13/h6-9,13,15,22H,2-5,10-11H2,1H3. The van der Waals surface area contributed by atoms with Gasteiger partial charge in [0.05, 0.1) is 13.2 Å². The average Bonchev–Trinajstić information content (AvgIpc) is 3.26. The molecule has 1 aliphatic carbocycles. The van der Waals surface area contributed by atoms with Crippen molar-refractivity contribution in [3.63, 3.8) is 0 Å². The van der Waals surface area contributed by atoms with Crippen molar-refractivity contribution in [2.24, 2.45) is 11.8 Å². The lowest BCUT2D eigenvalue weighted by atomic mass is 9.91. The van der Waals surface area contributed by atoms with Gasteiger partial charge in [0, 0.05) is 29.2 Å². The summed E-state index contributed by atoms with van der Waals surface area (Å²) in [6.45, 7) is 1.81. The number of hydrogen-bond donors (Lipinski definition) is 0. The van der Waals surface area contributed by atoms with Crippen LogP contribution in [0.1, 0.15) is 48.7 Å². The lowest BCUT2D eigenvalue weighted by molar-refractivity contribution is -0.213. The second-order valence-electron chi connectivity index (χ2n) is 8.29. The molecule has 4 rings (SSSR count). The van der Waals surface area contributed by atoms with E-state index in [1.54, 1.807) is 0 Å². The van der Waals surface area contributed by atoms with E-state index in [1.807, 2.05) is 0 Å². The van der Waals surface area contributed by atoms with Gasteiger partial charge >= 0.3 is 6.11 Å². The summed E-state index contributed by atoms with van der Waals surface area (Å²) in [5.41, 5.74) is -2.16. The molecule has 0 aromatic heterocycles. The first-order valence-corrected chi connectivity index (χ1v) is 10.4. The fraction of sp³-hybridized carbons (Fsp3) is 0.478. The monoisotopic (exact) mass is 460 g/mol. The van der Waals surface area contributed by atoms with Gasteiger partial charge in [-0.05, 0) is 25.0 Å². The molecule has 9 heteroatoms. The highest BCUT2D eigenvalue weighted by molar-refractivity contribution is 5.33. The van der Waals surface area contributed by atoms with Gasteiger partial charge in [-0.2, -0.15) is 8.78 Å². The lowest BCUT2D eigenvalue weighted by Crippen LogP contribution is -2.32. The van der Waals surface area contributed by atoms with Gasteiger partial charge in [-0.25, -0.2) is 17.6 Å². The molecule has 1 saturated heterocycles. The molecule has 0 atom stereocenters. The minimum Gasteiger partial charge on any atom is -0.429 e. The van der Waals surface area contributed by atoms with Crippen LogP contribution in [0.15, 0.2) is 24.3 Å². The Labute approximate surface area is 181 Å². The first-order valence-electron chi connectivity index (χ1n) is 10.4. The number of ether oxygens (including phenoxy) is 3. The second kappa shape index (κ2) is 8.94. The summed E-state index contributed by atoms with van der Waals surface area (Å²) in [6.07, 6.45) is -1.13. The van der Waals surface area contributed by atoms with Crippen LogP contribution in [0.4, 0.5) is 26.3 Å². The topological polar surface area (TPSA) is 27.7 Å². The van der Waals surface area contributed by atoms with Crippen LogP contribution in [0.3, 0.4) is 0 Å². The first kappa shape index (κ1) is 22.9. The van der Waals surface area contributed by atoms with Crippen molar-refractivity contribution in [3.8, 4) is 5.75 Å². The molecule has 32 heavy (non-hydrogen) atoms. The van der Waals surface area contributed by atoms with E-state index >= 15 is 0 Å². The summed E-state index contributed by atoms with van der Waals surface area (Å²) < 4.78 is 101. The molecule has 2 aromatic carbocycles. The van der Waals surface area contributed by atoms with Gasteiger partial charge in [0.25, 0.3) is 0 Å². The summed E-state index contributed by atoms with van der Waals surface area (Å²) in [6, 6.07) is 2.40. The van der Waals surface area contributed by atoms with Crippen LogP contribution < -0.4 is 4.74 Å². The largest absolute Gasteiger partial charge is 0.432 e. The van der Waals surface area contributed by atoms with Crippen molar-refractivity contribution in [1.82, 2.24) is 0 Å². The van der Waals surface area contributed by atoms with E-state index in [1.165, 1.54) is 0 Å². The van der Waals surface area contributed by atoms with Gasteiger partial charge in [-0.15, -0.1) is 0 Å². The minimum atomic E-state index is -4.53. The number of alkyl halides is 2. The average molecular weight is 460 g/mol. The van der Waals surface area contributed by atoms with Crippen LogP contribution in [0.5, 0.6) is 5.75 Å². The maximum atomic E-state index is 14.6. The van der Waals surface area contributed by atoms with Crippen LogP contribution >= 0.6 is 0 Å². The SMILES string of the molecule is Cc1c(F)cc(OC(F)(F)c2c(F)cc(C3OCC(C4CCCC4)CO3)cc2F)cc1F. The first-order chi connectivity index (χ1) is 15.2. The Hall–Kier alpha value is -2.26. The highest BCUT2D eigenvalue weighted by Gasteiger charge is 2.42. The molecular formula is C23H22F6O3. The molecule has 3 nitrogen and oxygen atoms in total. The fourth-order valence-electron chi connectivity index (χ4n) is 4.30. The van der Waals surface area contributed by atoms with Gasteiger partial charge in [0.15, 0.2) is 6.29 Å². The van der Waals surface area contributed by atoms with Gasteiger partial charge < -0.3 is 14.2 Å². The van der Waals surface area contributed by atoms with E-state index in [9.17, 15) is 26.3 Å². The molecule has 1 heterocycles. The molecule has 2 aliphatic rings. The third-order valence-corrected chi connectivity index (χ3v) is 6.12. The van der Waals surface area contributed by atoms with Crippen LogP contribution in [0, 0.1) is 42.0 Å². The van der Waals surface area contributed by atoms with Crippen molar-refractivity contribution in [3.05, 3.63) is 64.2 Å². The Bertz CT molecular complexity index is 936. The zero-order valence-corrected chi connectivity index (χ0v) is 17.3. The summed E-state index contributed by atoms with van der Waals surface area (Å²) in [5.74, 6) is -5.68. The van der Waals surface area contributed by atoms with Crippen molar-refractivity contribution in [1.29, 1.82) is 0 Å². The number of benzene rings is 2. The Morgan fingerprint density at radius 1 is 0.812 bits per heavy atom. The number of hydrogen-bond acceptors (Lipinski definition) is 3. The maximum absolute atomic E-state index is 14.6. The van der Waals surface area contributed by atoms with E-state index in [4.69, 9.17) is 9.47 Å². The van der Waals surface area contributed by atoms with E-state index in [0.717, 1.165) is 32.6 Å².